The van der Waals surface area contributed by atoms with Gasteiger partial charge in [-0.15, -0.1) is 0 Å². The Morgan fingerprint density at radius 3 is 2.46 bits per heavy atom. The van der Waals surface area contributed by atoms with Gasteiger partial charge in [-0.05, 0) is 55.0 Å². The molecule has 0 aliphatic carbocycles. The fourth-order valence-corrected chi connectivity index (χ4v) is 3.18. The molecule has 0 unspecified atom stereocenters. The molecule has 4 aromatic rings. The molecule has 1 aromatic heterocycles. The first kappa shape index (κ1) is 18.3. The minimum Gasteiger partial charge on any atom is -0.494 e. The van der Waals surface area contributed by atoms with Crippen LogP contribution >= 0.6 is 11.6 Å². The van der Waals surface area contributed by atoms with Gasteiger partial charge in [-0.1, -0.05) is 41.9 Å². The summed E-state index contributed by atoms with van der Waals surface area (Å²) in [6.45, 7) is 3.18. The standard InChI is InChI=1S/C24H20ClNO2/c1-2-27-20-12-13-23-21(14-20)22(26-16-17-6-4-3-5-7-17)15-24(28-23)18-8-10-19(25)11-9-18/h3-15H,2,16H2,1H3. The van der Waals surface area contributed by atoms with Crippen molar-refractivity contribution in [2.24, 2.45) is 4.99 Å². The molecule has 0 N–H and O–H groups in total. The Labute approximate surface area is 168 Å². The van der Waals surface area contributed by atoms with Crippen molar-refractivity contribution in [2.75, 3.05) is 6.61 Å². The van der Waals surface area contributed by atoms with Crippen molar-refractivity contribution >= 4 is 22.6 Å². The summed E-state index contributed by atoms with van der Waals surface area (Å²) in [6, 6.07) is 25.6. The van der Waals surface area contributed by atoms with Gasteiger partial charge in [0.1, 0.15) is 17.1 Å². The highest BCUT2D eigenvalue weighted by atomic mass is 35.5. The second kappa shape index (κ2) is 8.32. The van der Waals surface area contributed by atoms with Gasteiger partial charge >= 0.3 is 0 Å². The zero-order valence-electron chi connectivity index (χ0n) is 15.6. The van der Waals surface area contributed by atoms with Crippen molar-refractivity contribution in [3.8, 4) is 17.1 Å². The topological polar surface area (TPSA) is 34.7 Å². The molecule has 3 nitrogen and oxygen atoms in total. The third-order valence-corrected chi connectivity index (χ3v) is 4.68. The van der Waals surface area contributed by atoms with E-state index in [0.717, 1.165) is 39.0 Å². The van der Waals surface area contributed by atoms with Gasteiger partial charge < -0.3 is 9.15 Å². The maximum atomic E-state index is 6.15. The van der Waals surface area contributed by atoms with E-state index in [1.165, 1.54) is 0 Å². The molecule has 4 rings (SSSR count). The lowest BCUT2D eigenvalue weighted by molar-refractivity contribution is 0.340. The summed E-state index contributed by atoms with van der Waals surface area (Å²) >= 11 is 6.03. The maximum Gasteiger partial charge on any atom is 0.137 e. The lowest BCUT2D eigenvalue weighted by Crippen LogP contribution is -2.05. The van der Waals surface area contributed by atoms with Crippen LogP contribution in [0, 0.1) is 0 Å². The van der Waals surface area contributed by atoms with Crippen molar-refractivity contribution in [1.82, 2.24) is 0 Å². The lowest BCUT2D eigenvalue weighted by atomic mass is 10.1. The number of benzene rings is 3. The Hall–Kier alpha value is -3.04. The Morgan fingerprint density at radius 2 is 1.71 bits per heavy atom. The molecule has 4 heteroatoms. The van der Waals surface area contributed by atoms with E-state index in [1.54, 1.807) is 0 Å². The van der Waals surface area contributed by atoms with Gasteiger partial charge in [-0.3, -0.25) is 4.99 Å². The molecule has 0 amide bonds. The van der Waals surface area contributed by atoms with Gasteiger partial charge in [0.05, 0.1) is 18.5 Å². The van der Waals surface area contributed by atoms with E-state index >= 15 is 0 Å². The highest BCUT2D eigenvalue weighted by Gasteiger charge is 2.08. The number of halogens is 1. The molecule has 0 aliphatic rings. The maximum absolute atomic E-state index is 6.15. The molecule has 0 bridgehead atoms. The van der Waals surface area contributed by atoms with Gasteiger partial charge in [-0.2, -0.15) is 0 Å². The molecular weight excluding hydrogens is 370 g/mol. The van der Waals surface area contributed by atoms with Gasteiger partial charge in [0.15, 0.2) is 0 Å². The monoisotopic (exact) mass is 389 g/mol. The summed E-state index contributed by atoms with van der Waals surface area (Å²) in [5, 5.41) is 2.50. The van der Waals surface area contributed by atoms with Gasteiger partial charge in [0.25, 0.3) is 0 Å². The van der Waals surface area contributed by atoms with Crippen molar-refractivity contribution < 1.29 is 9.15 Å². The van der Waals surface area contributed by atoms with Crippen LogP contribution in [0.5, 0.6) is 5.75 Å². The molecular formula is C24H20ClNO2. The van der Waals surface area contributed by atoms with Crippen molar-refractivity contribution in [3.63, 3.8) is 0 Å². The molecule has 0 aliphatic heterocycles. The van der Waals surface area contributed by atoms with Crippen LogP contribution in [0.1, 0.15) is 12.5 Å². The molecule has 0 spiro atoms. The van der Waals surface area contributed by atoms with E-state index in [2.05, 4.69) is 12.1 Å². The van der Waals surface area contributed by atoms with Crippen LogP contribution < -0.4 is 10.1 Å². The van der Waals surface area contributed by atoms with Crippen LogP contribution in [0.15, 0.2) is 88.3 Å². The minimum absolute atomic E-state index is 0.596. The largest absolute Gasteiger partial charge is 0.494 e. The van der Waals surface area contributed by atoms with Crippen LogP contribution in [-0.2, 0) is 6.54 Å². The molecule has 0 saturated carbocycles. The number of nitrogens with zero attached hydrogens (tertiary/aromatic N) is 1. The van der Waals surface area contributed by atoms with Gasteiger partial charge in [0, 0.05) is 22.0 Å². The summed E-state index contributed by atoms with van der Waals surface area (Å²) < 4.78 is 11.8. The van der Waals surface area contributed by atoms with Gasteiger partial charge in [0.2, 0.25) is 0 Å². The second-order valence-corrected chi connectivity index (χ2v) is 6.83. The third kappa shape index (κ3) is 4.10. The van der Waals surface area contributed by atoms with E-state index < -0.39 is 0 Å². The number of hydrogen-bond donors (Lipinski definition) is 0. The van der Waals surface area contributed by atoms with E-state index in [-0.39, 0.29) is 0 Å². The van der Waals surface area contributed by atoms with Crippen molar-refractivity contribution in [1.29, 1.82) is 0 Å². The van der Waals surface area contributed by atoms with E-state index in [1.807, 2.05) is 73.7 Å². The molecule has 0 atom stereocenters. The highest BCUT2D eigenvalue weighted by Crippen LogP contribution is 2.26. The first-order valence-electron chi connectivity index (χ1n) is 9.24. The first-order valence-corrected chi connectivity index (χ1v) is 9.62. The van der Waals surface area contributed by atoms with Crippen molar-refractivity contribution in [2.45, 2.75) is 13.5 Å². The molecule has 140 valence electrons. The predicted octanol–water partition coefficient (Wildman–Crippen LogP) is 6.25. The predicted molar refractivity (Wildman–Crippen MR) is 114 cm³/mol. The van der Waals surface area contributed by atoms with Crippen LogP contribution in [-0.4, -0.2) is 6.61 Å². The quantitative estimate of drug-likeness (QED) is 0.404. The number of fused-ring (bicyclic) bond motifs is 1. The van der Waals surface area contributed by atoms with Gasteiger partial charge in [-0.25, -0.2) is 0 Å². The summed E-state index contributed by atoms with van der Waals surface area (Å²) in [5.74, 6) is 1.56. The molecule has 0 saturated heterocycles. The van der Waals surface area contributed by atoms with E-state index in [4.69, 9.17) is 25.7 Å². The van der Waals surface area contributed by atoms with Crippen LogP contribution in [0.2, 0.25) is 5.02 Å². The fourth-order valence-electron chi connectivity index (χ4n) is 3.05. The van der Waals surface area contributed by atoms with E-state index in [0.29, 0.717) is 18.2 Å². The summed E-state index contributed by atoms with van der Waals surface area (Å²) in [4.78, 5) is 4.87. The molecule has 3 aromatic carbocycles. The Kier molecular flexibility index (Phi) is 5.45. The van der Waals surface area contributed by atoms with Crippen molar-refractivity contribution in [3.05, 3.63) is 94.8 Å². The fraction of sp³-hybridized carbons (Fsp3) is 0.125. The van der Waals surface area contributed by atoms with Crippen LogP contribution in [0.3, 0.4) is 0 Å². The Bertz CT molecular complexity index is 1150. The minimum atomic E-state index is 0.596. The first-order chi connectivity index (χ1) is 13.7. The summed E-state index contributed by atoms with van der Waals surface area (Å²) in [5.41, 5.74) is 2.88. The smallest absolute Gasteiger partial charge is 0.137 e. The van der Waals surface area contributed by atoms with Crippen LogP contribution in [0.25, 0.3) is 22.3 Å². The van der Waals surface area contributed by atoms with Crippen LogP contribution in [0.4, 0.5) is 0 Å². The molecule has 1 heterocycles. The second-order valence-electron chi connectivity index (χ2n) is 6.40. The Morgan fingerprint density at radius 1 is 0.929 bits per heavy atom. The third-order valence-electron chi connectivity index (χ3n) is 4.43. The summed E-state index contributed by atoms with van der Waals surface area (Å²) in [7, 11) is 0. The summed E-state index contributed by atoms with van der Waals surface area (Å²) in [6.07, 6.45) is 0. The lowest BCUT2D eigenvalue weighted by Gasteiger charge is -2.08. The highest BCUT2D eigenvalue weighted by molar-refractivity contribution is 6.30. The molecule has 0 fully saturated rings. The molecule has 0 radical (unpaired) electrons. The SMILES string of the molecule is CCOc1ccc2oc(-c3ccc(Cl)cc3)cc(=NCc3ccccc3)c2c1. The Balaban J connectivity index is 1.86. The number of hydrogen-bond acceptors (Lipinski definition) is 3. The number of ether oxygens (including phenoxy) is 1. The normalized spacial score (nSPS) is 11.7. The zero-order valence-corrected chi connectivity index (χ0v) is 16.3. The average molecular weight is 390 g/mol. The van der Waals surface area contributed by atoms with E-state index in [9.17, 15) is 0 Å². The average Bonchev–Trinajstić information content (AvgIpc) is 2.73. The number of rotatable bonds is 5. The molecule has 28 heavy (non-hydrogen) atoms. The zero-order chi connectivity index (χ0) is 19.3.